The Morgan fingerprint density at radius 2 is 2.06 bits per heavy atom. The average Bonchev–Trinajstić information content (AvgIpc) is 2.65. The van der Waals surface area contributed by atoms with E-state index >= 15 is 0 Å². The van der Waals surface area contributed by atoms with Gasteiger partial charge in [-0.1, -0.05) is 13.8 Å². The molecule has 1 rings (SSSR count). The van der Waals surface area contributed by atoms with E-state index in [0.29, 0.717) is 11.0 Å². The minimum atomic E-state index is -3.00. The number of hydrogen-bond donors (Lipinski definition) is 1. The van der Waals surface area contributed by atoms with Crippen LogP contribution in [0.3, 0.4) is 0 Å². The van der Waals surface area contributed by atoms with Crippen LogP contribution in [0.1, 0.15) is 42.8 Å². The lowest BCUT2D eigenvalue weighted by Gasteiger charge is -2.10. The number of nitrogens with one attached hydrogen (secondary N) is 1. The van der Waals surface area contributed by atoms with Gasteiger partial charge in [0.15, 0.2) is 9.84 Å². The maximum Gasteiger partial charge on any atom is 0.153 e. The minimum absolute atomic E-state index is 0.0496. The molecule has 0 saturated heterocycles. The molecular formula is C12H22N2O2S2. The van der Waals surface area contributed by atoms with Crippen LogP contribution in [0.5, 0.6) is 0 Å². The Balaban J connectivity index is 2.78. The highest BCUT2D eigenvalue weighted by atomic mass is 32.2. The van der Waals surface area contributed by atoms with Crippen LogP contribution >= 0.6 is 11.3 Å². The van der Waals surface area contributed by atoms with Crippen LogP contribution in [-0.4, -0.2) is 25.7 Å². The van der Waals surface area contributed by atoms with E-state index in [0.717, 1.165) is 30.0 Å². The van der Waals surface area contributed by atoms with Gasteiger partial charge >= 0.3 is 0 Å². The highest BCUT2D eigenvalue weighted by Gasteiger charge is 2.14. The molecule has 0 aliphatic heterocycles. The van der Waals surface area contributed by atoms with Gasteiger partial charge in [0.1, 0.15) is 10.8 Å². The summed E-state index contributed by atoms with van der Waals surface area (Å²) in [4.78, 5) is 5.58. The standard InChI is InChI=1S/C12H22N2O2S2/c1-5-9(3)13-7-11-10(6-2)14-12(17-11)8-18(4,15)16/h9,13H,5-8H2,1-4H3. The van der Waals surface area contributed by atoms with Crippen molar-refractivity contribution in [1.82, 2.24) is 10.3 Å². The molecule has 1 N–H and O–H groups in total. The third-order valence-electron chi connectivity index (χ3n) is 2.77. The summed E-state index contributed by atoms with van der Waals surface area (Å²) in [5.41, 5.74) is 1.02. The van der Waals surface area contributed by atoms with Crippen molar-refractivity contribution in [2.75, 3.05) is 6.26 Å². The van der Waals surface area contributed by atoms with Crippen LogP contribution < -0.4 is 5.32 Å². The Labute approximate surface area is 114 Å². The van der Waals surface area contributed by atoms with E-state index < -0.39 is 9.84 Å². The van der Waals surface area contributed by atoms with E-state index in [1.807, 2.05) is 6.92 Å². The first kappa shape index (κ1) is 15.6. The summed E-state index contributed by atoms with van der Waals surface area (Å²) in [5.74, 6) is 0.0496. The third-order valence-corrected chi connectivity index (χ3v) is 4.84. The molecule has 6 heteroatoms. The number of thiazole rings is 1. The van der Waals surface area contributed by atoms with Gasteiger partial charge in [-0.15, -0.1) is 11.3 Å². The smallest absolute Gasteiger partial charge is 0.153 e. The highest BCUT2D eigenvalue weighted by Crippen LogP contribution is 2.21. The Morgan fingerprint density at radius 3 is 2.56 bits per heavy atom. The molecule has 1 unspecified atom stereocenters. The molecule has 0 amide bonds. The first-order valence-corrected chi connectivity index (χ1v) is 9.12. The topological polar surface area (TPSA) is 59.1 Å². The van der Waals surface area contributed by atoms with Crippen molar-refractivity contribution in [1.29, 1.82) is 0 Å². The van der Waals surface area contributed by atoms with Crippen molar-refractivity contribution in [2.24, 2.45) is 0 Å². The van der Waals surface area contributed by atoms with Gasteiger partial charge in [-0.25, -0.2) is 13.4 Å². The van der Waals surface area contributed by atoms with Gasteiger partial charge in [-0.2, -0.15) is 0 Å². The first-order valence-electron chi connectivity index (χ1n) is 6.24. The van der Waals surface area contributed by atoms with Gasteiger partial charge in [0.05, 0.1) is 5.69 Å². The molecule has 1 heterocycles. The predicted octanol–water partition coefficient (Wildman–Crippen LogP) is 2.14. The van der Waals surface area contributed by atoms with E-state index in [9.17, 15) is 8.42 Å². The molecule has 104 valence electrons. The van der Waals surface area contributed by atoms with Gasteiger partial charge in [0, 0.05) is 23.7 Å². The molecule has 4 nitrogen and oxygen atoms in total. The zero-order valence-corrected chi connectivity index (χ0v) is 13.1. The number of aromatic nitrogens is 1. The summed E-state index contributed by atoms with van der Waals surface area (Å²) < 4.78 is 22.5. The largest absolute Gasteiger partial charge is 0.309 e. The molecule has 1 atom stereocenters. The van der Waals surface area contributed by atoms with Crippen LogP contribution in [0.4, 0.5) is 0 Å². The van der Waals surface area contributed by atoms with Crippen LogP contribution in [0.15, 0.2) is 0 Å². The van der Waals surface area contributed by atoms with Crippen molar-refractivity contribution < 1.29 is 8.42 Å². The maximum atomic E-state index is 11.3. The molecule has 1 aromatic heterocycles. The van der Waals surface area contributed by atoms with Crippen molar-refractivity contribution in [3.05, 3.63) is 15.6 Å². The van der Waals surface area contributed by atoms with Crippen LogP contribution in [0.25, 0.3) is 0 Å². The second-order valence-electron chi connectivity index (χ2n) is 4.59. The molecular weight excluding hydrogens is 268 g/mol. The summed E-state index contributed by atoms with van der Waals surface area (Å²) in [7, 11) is -3.00. The minimum Gasteiger partial charge on any atom is -0.309 e. The molecule has 0 spiro atoms. The lowest BCUT2D eigenvalue weighted by molar-refractivity contribution is 0.535. The molecule has 0 aromatic carbocycles. The molecule has 0 saturated carbocycles. The zero-order chi connectivity index (χ0) is 13.8. The Bertz CT molecular complexity index is 480. The van der Waals surface area contributed by atoms with Crippen LogP contribution in [0.2, 0.25) is 0 Å². The van der Waals surface area contributed by atoms with Gasteiger partial charge in [0.25, 0.3) is 0 Å². The van der Waals surface area contributed by atoms with Crippen molar-refractivity contribution in [2.45, 2.75) is 52.0 Å². The Hall–Kier alpha value is -0.460. The Morgan fingerprint density at radius 1 is 1.39 bits per heavy atom. The third kappa shape index (κ3) is 5.04. The molecule has 18 heavy (non-hydrogen) atoms. The molecule has 0 aliphatic rings. The van der Waals surface area contributed by atoms with E-state index in [4.69, 9.17) is 0 Å². The summed E-state index contributed by atoms with van der Waals surface area (Å²) in [6.45, 7) is 7.11. The fraction of sp³-hybridized carbons (Fsp3) is 0.750. The number of sulfone groups is 1. The second-order valence-corrected chi connectivity index (χ2v) is 7.90. The van der Waals surface area contributed by atoms with Crippen molar-refractivity contribution >= 4 is 21.2 Å². The number of aryl methyl sites for hydroxylation is 1. The van der Waals surface area contributed by atoms with Gasteiger partial charge in [-0.05, 0) is 19.8 Å². The lowest BCUT2D eigenvalue weighted by atomic mass is 10.2. The molecule has 0 bridgehead atoms. The monoisotopic (exact) mass is 290 g/mol. The van der Waals surface area contributed by atoms with Gasteiger partial charge in [-0.3, -0.25) is 0 Å². The second kappa shape index (κ2) is 6.63. The number of hydrogen-bond acceptors (Lipinski definition) is 5. The van der Waals surface area contributed by atoms with E-state index in [1.165, 1.54) is 17.6 Å². The fourth-order valence-corrected chi connectivity index (χ4v) is 3.84. The number of nitrogens with zero attached hydrogens (tertiary/aromatic N) is 1. The van der Waals surface area contributed by atoms with E-state index in [-0.39, 0.29) is 5.75 Å². The highest BCUT2D eigenvalue weighted by molar-refractivity contribution is 7.90. The van der Waals surface area contributed by atoms with Crippen LogP contribution in [-0.2, 0) is 28.6 Å². The molecule has 0 aliphatic carbocycles. The first-order chi connectivity index (χ1) is 8.35. The predicted molar refractivity (Wildman–Crippen MR) is 76.6 cm³/mol. The Kier molecular flexibility index (Phi) is 5.75. The zero-order valence-electron chi connectivity index (χ0n) is 11.5. The van der Waals surface area contributed by atoms with E-state index in [1.54, 1.807) is 0 Å². The fourth-order valence-electron chi connectivity index (χ4n) is 1.55. The lowest BCUT2D eigenvalue weighted by Crippen LogP contribution is -2.24. The summed E-state index contributed by atoms with van der Waals surface area (Å²) >= 11 is 1.51. The average molecular weight is 290 g/mol. The summed E-state index contributed by atoms with van der Waals surface area (Å²) in [5, 5.41) is 4.12. The van der Waals surface area contributed by atoms with Crippen LogP contribution in [0, 0.1) is 0 Å². The molecule has 0 fully saturated rings. The number of rotatable bonds is 7. The quantitative estimate of drug-likeness (QED) is 0.836. The summed E-state index contributed by atoms with van der Waals surface area (Å²) in [6, 6.07) is 0.468. The van der Waals surface area contributed by atoms with Crippen molar-refractivity contribution in [3.8, 4) is 0 Å². The molecule has 0 radical (unpaired) electrons. The molecule has 1 aromatic rings. The SMILES string of the molecule is CCc1nc(CS(C)(=O)=O)sc1CNC(C)CC. The normalized spacial score (nSPS) is 13.8. The van der Waals surface area contributed by atoms with Gasteiger partial charge < -0.3 is 5.32 Å². The summed E-state index contributed by atoms with van der Waals surface area (Å²) in [6.07, 6.45) is 3.17. The van der Waals surface area contributed by atoms with Crippen molar-refractivity contribution in [3.63, 3.8) is 0 Å². The van der Waals surface area contributed by atoms with E-state index in [2.05, 4.69) is 24.1 Å². The maximum absolute atomic E-state index is 11.3. The van der Waals surface area contributed by atoms with Gasteiger partial charge in [0.2, 0.25) is 0 Å².